The van der Waals surface area contributed by atoms with Crippen molar-refractivity contribution in [1.82, 2.24) is 9.88 Å². The minimum atomic E-state index is -4.61. The van der Waals surface area contributed by atoms with Gasteiger partial charge in [0.2, 0.25) is 5.91 Å². The van der Waals surface area contributed by atoms with Gasteiger partial charge in [0.1, 0.15) is 0 Å². The van der Waals surface area contributed by atoms with Crippen molar-refractivity contribution in [3.8, 4) is 0 Å². The fourth-order valence-corrected chi connectivity index (χ4v) is 4.71. The Morgan fingerprint density at radius 1 is 1.14 bits per heavy atom. The van der Waals surface area contributed by atoms with Gasteiger partial charge in [-0.2, -0.15) is 13.2 Å². The largest absolute Gasteiger partial charge is 0.416 e. The van der Waals surface area contributed by atoms with Gasteiger partial charge in [-0.05, 0) is 53.4 Å². The van der Waals surface area contributed by atoms with E-state index in [-0.39, 0.29) is 30.1 Å². The van der Waals surface area contributed by atoms with Crippen molar-refractivity contribution in [2.45, 2.75) is 19.0 Å². The number of carbonyl (C=O) groups is 2. The molecule has 10 heteroatoms. The average molecular weight is 510 g/mol. The first-order valence-electron chi connectivity index (χ1n) is 12.0. The molecule has 0 aliphatic carbocycles. The summed E-state index contributed by atoms with van der Waals surface area (Å²) >= 11 is 0. The van der Waals surface area contributed by atoms with E-state index in [0.717, 1.165) is 30.3 Å². The molecule has 37 heavy (non-hydrogen) atoms. The van der Waals surface area contributed by atoms with Crippen LogP contribution in [0.5, 0.6) is 0 Å². The molecule has 0 atom stereocenters. The van der Waals surface area contributed by atoms with Crippen molar-refractivity contribution >= 4 is 28.9 Å². The second-order valence-electron chi connectivity index (χ2n) is 9.30. The van der Waals surface area contributed by atoms with E-state index in [4.69, 9.17) is 0 Å². The highest BCUT2D eigenvalue weighted by Gasteiger charge is 2.34. The molecule has 0 bridgehead atoms. The number of carbonyl (C=O) groups excluding carboxylic acids is 2. The zero-order chi connectivity index (χ0) is 26.2. The van der Waals surface area contributed by atoms with Crippen LogP contribution in [0.15, 0.2) is 54.9 Å². The lowest BCUT2D eigenvalue weighted by atomic mass is 9.97. The van der Waals surface area contributed by atoms with Gasteiger partial charge in [0.25, 0.3) is 5.91 Å². The molecule has 0 radical (unpaired) electrons. The normalized spacial score (nSPS) is 15.4. The number of nitrogens with one attached hydrogen (secondary N) is 2. The molecule has 1 fully saturated rings. The molecule has 2 aliphatic heterocycles. The number of anilines is 3. The third kappa shape index (κ3) is 5.23. The smallest absolute Gasteiger partial charge is 0.384 e. The van der Waals surface area contributed by atoms with Crippen molar-refractivity contribution in [2.75, 3.05) is 48.8 Å². The Morgan fingerprint density at radius 3 is 2.76 bits per heavy atom. The van der Waals surface area contributed by atoms with Gasteiger partial charge in [0.15, 0.2) is 0 Å². The summed E-state index contributed by atoms with van der Waals surface area (Å²) in [5, 5.41) is 5.90. The summed E-state index contributed by atoms with van der Waals surface area (Å²) in [6.45, 7) is 2.11. The maximum Gasteiger partial charge on any atom is 0.416 e. The lowest BCUT2D eigenvalue weighted by molar-refractivity contribution is -0.138. The quantitative estimate of drug-likeness (QED) is 0.540. The molecule has 2 amide bonds. The van der Waals surface area contributed by atoms with Crippen molar-refractivity contribution in [2.24, 2.45) is 0 Å². The van der Waals surface area contributed by atoms with Crippen molar-refractivity contribution in [3.63, 3.8) is 0 Å². The third-order valence-electron chi connectivity index (χ3n) is 6.80. The standard InChI is InChI=1S/C27H26F3N5O2/c1-34-9-10-35(16-25(34)36)20-11-17(14-31-15-20)12-21-22(27(28,29)30)3-2-4-23(21)33-26(37)19-6-5-18-7-8-32-24(18)13-19/h2-6,11,13-15,32H,7-10,12,16H2,1H3,(H,33,37). The summed E-state index contributed by atoms with van der Waals surface area (Å²) < 4.78 is 42.0. The number of benzene rings is 2. The number of aromatic nitrogens is 1. The number of alkyl halides is 3. The number of likely N-dealkylation sites (N-methyl/N-ethyl adjacent to an activating group) is 1. The molecule has 1 aromatic heterocycles. The van der Waals surface area contributed by atoms with Crippen LogP contribution in [0, 0.1) is 0 Å². The highest BCUT2D eigenvalue weighted by molar-refractivity contribution is 6.05. The lowest BCUT2D eigenvalue weighted by Crippen LogP contribution is -2.48. The fourth-order valence-electron chi connectivity index (χ4n) is 4.71. The monoisotopic (exact) mass is 509 g/mol. The first-order valence-corrected chi connectivity index (χ1v) is 12.0. The van der Waals surface area contributed by atoms with Gasteiger partial charge in [-0.1, -0.05) is 12.1 Å². The van der Waals surface area contributed by atoms with E-state index in [1.54, 1.807) is 36.3 Å². The number of amides is 2. The Hall–Kier alpha value is -4.08. The predicted molar refractivity (Wildman–Crippen MR) is 135 cm³/mol. The molecule has 192 valence electrons. The van der Waals surface area contributed by atoms with Crippen LogP contribution in [0.2, 0.25) is 0 Å². The summed E-state index contributed by atoms with van der Waals surface area (Å²) in [5.74, 6) is -0.522. The molecule has 2 N–H and O–H groups in total. The topological polar surface area (TPSA) is 77.6 Å². The summed E-state index contributed by atoms with van der Waals surface area (Å²) in [6.07, 6.45) is -0.735. The van der Waals surface area contributed by atoms with Gasteiger partial charge in [-0.25, -0.2) is 0 Å². The number of rotatable bonds is 5. The fraction of sp³-hybridized carbons (Fsp3) is 0.296. The molecule has 5 rings (SSSR count). The maximum absolute atomic E-state index is 14.0. The predicted octanol–water partition coefficient (Wildman–Crippen LogP) is 4.19. The summed E-state index contributed by atoms with van der Waals surface area (Å²) in [7, 11) is 1.73. The van der Waals surface area contributed by atoms with Gasteiger partial charge >= 0.3 is 6.18 Å². The second kappa shape index (κ2) is 9.76. The Balaban J connectivity index is 1.44. The second-order valence-corrected chi connectivity index (χ2v) is 9.30. The molecule has 1 saturated heterocycles. The van der Waals surface area contributed by atoms with E-state index >= 15 is 0 Å². The molecule has 0 saturated carbocycles. The van der Waals surface area contributed by atoms with E-state index < -0.39 is 17.6 Å². The van der Waals surface area contributed by atoms with Crippen LogP contribution in [-0.2, 0) is 23.8 Å². The zero-order valence-corrected chi connectivity index (χ0v) is 20.2. The van der Waals surface area contributed by atoms with Crippen LogP contribution in [0.1, 0.15) is 32.6 Å². The number of piperazine rings is 1. The first kappa shape index (κ1) is 24.6. The van der Waals surface area contributed by atoms with Crippen LogP contribution < -0.4 is 15.5 Å². The number of fused-ring (bicyclic) bond motifs is 1. The molecule has 3 heterocycles. The molecule has 2 aromatic carbocycles. The van der Waals surface area contributed by atoms with Crippen molar-refractivity contribution in [1.29, 1.82) is 0 Å². The number of hydrogen-bond donors (Lipinski definition) is 2. The van der Waals surface area contributed by atoms with Crippen LogP contribution in [0.25, 0.3) is 0 Å². The maximum atomic E-state index is 14.0. The number of pyridine rings is 1. The Kier molecular flexibility index (Phi) is 6.49. The molecular formula is C27H26F3N5O2. The van der Waals surface area contributed by atoms with Crippen LogP contribution in [0.4, 0.5) is 30.2 Å². The van der Waals surface area contributed by atoms with E-state index in [1.165, 1.54) is 18.3 Å². The van der Waals surface area contributed by atoms with E-state index in [1.807, 2.05) is 11.0 Å². The molecule has 0 unspecified atom stereocenters. The zero-order valence-electron chi connectivity index (χ0n) is 20.2. The van der Waals surface area contributed by atoms with Gasteiger partial charge in [-0.3, -0.25) is 14.6 Å². The molecule has 3 aromatic rings. The molecular weight excluding hydrogens is 483 g/mol. The Bertz CT molecular complexity index is 1360. The molecule has 0 spiro atoms. The first-order chi connectivity index (χ1) is 17.7. The third-order valence-corrected chi connectivity index (χ3v) is 6.80. The van der Waals surface area contributed by atoms with Crippen molar-refractivity contribution in [3.05, 3.63) is 82.7 Å². The highest BCUT2D eigenvalue weighted by Crippen LogP contribution is 2.37. The SMILES string of the molecule is CN1CCN(c2cncc(Cc3c(NC(=O)c4ccc5c(c4)NCC5)cccc3C(F)(F)F)c2)CC1=O. The lowest BCUT2D eigenvalue weighted by Gasteiger charge is -2.33. The number of hydrogen-bond acceptors (Lipinski definition) is 5. The number of nitrogens with zero attached hydrogens (tertiary/aromatic N) is 3. The van der Waals surface area contributed by atoms with Gasteiger partial charge in [0, 0.05) is 56.2 Å². The van der Waals surface area contributed by atoms with Gasteiger partial charge < -0.3 is 20.4 Å². The Labute approximate surface area is 212 Å². The van der Waals surface area contributed by atoms with Crippen LogP contribution in [-0.4, -0.2) is 54.9 Å². The van der Waals surface area contributed by atoms with Gasteiger partial charge in [-0.15, -0.1) is 0 Å². The number of halogens is 3. The molecule has 7 nitrogen and oxygen atoms in total. The highest BCUT2D eigenvalue weighted by atomic mass is 19.4. The van der Waals surface area contributed by atoms with E-state index in [9.17, 15) is 22.8 Å². The Morgan fingerprint density at radius 2 is 1.97 bits per heavy atom. The van der Waals surface area contributed by atoms with E-state index in [2.05, 4.69) is 15.6 Å². The minimum Gasteiger partial charge on any atom is -0.384 e. The molecule has 2 aliphatic rings. The summed E-state index contributed by atoms with van der Waals surface area (Å²) in [6, 6.07) is 10.8. The van der Waals surface area contributed by atoms with Crippen molar-refractivity contribution < 1.29 is 22.8 Å². The summed E-state index contributed by atoms with van der Waals surface area (Å²) in [5.41, 5.74) is 2.76. The average Bonchev–Trinajstić information content (AvgIpc) is 3.34. The summed E-state index contributed by atoms with van der Waals surface area (Å²) in [4.78, 5) is 32.9. The van der Waals surface area contributed by atoms with Gasteiger partial charge in [0.05, 0.1) is 24.0 Å². The van der Waals surface area contributed by atoms with Crippen LogP contribution in [0.3, 0.4) is 0 Å². The van der Waals surface area contributed by atoms with Crippen LogP contribution >= 0.6 is 0 Å². The van der Waals surface area contributed by atoms with E-state index in [0.29, 0.717) is 29.9 Å². The minimum absolute atomic E-state index is 0.0363.